The van der Waals surface area contributed by atoms with E-state index < -0.39 is 28.3 Å². The molecular formula is C16H15ClF3NO2S. The number of hydrogen-bond donors (Lipinski definition) is 1. The van der Waals surface area contributed by atoms with Crippen LogP contribution in [0.1, 0.15) is 22.3 Å². The molecule has 24 heavy (non-hydrogen) atoms. The van der Waals surface area contributed by atoms with Crippen molar-refractivity contribution in [2.75, 3.05) is 0 Å². The van der Waals surface area contributed by atoms with Crippen LogP contribution in [0.3, 0.4) is 0 Å². The minimum atomic E-state index is -4.55. The van der Waals surface area contributed by atoms with Gasteiger partial charge in [-0.1, -0.05) is 29.8 Å². The Morgan fingerprint density at radius 3 is 2.33 bits per heavy atom. The Labute approximate surface area is 143 Å². The van der Waals surface area contributed by atoms with Crippen molar-refractivity contribution in [3.05, 3.63) is 63.7 Å². The molecule has 0 bridgehead atoms. The van der Waals surface area contributed by atoms with Crippen molar-refractivity contribution < 1.29 is 21.6 Å². The van der Waals surface area contributed by atoms with Gasteiger partial charge < -0.3 is 0 Å². The molecule has 0 heterocycles. The molecule has 0 radical (unpaired) electrons. The Bertz CT molecular complexity index is 864. The summed E-state index contributed by atoms with van der Waals surface area (Å²) in [5, 5.41) is 0.425. The van der Waals surface area contributed by atoms with E-state index in [2.05, 4.69) is 4.72 Å². The maximum Gasteiger partial charge on any atom is 0.416 e. The zero-order valence-electron chi connectivity index (χ0n) is 12.9. The predicted octanol–water partition coefficient (Wildman–Crippen LogP) is 4.45. The van der Waals surface area contributed by atoms with E-state index in [1.807, 2.05) is 0 Å². The highest BCUT2D eigenvalue weighted by Gasteiger charge is 2.33. The molecule has 130 valence electrons. The molecule has 0 aliphatic carbocycles. The number of alkyl halides is 3. The summed E-state index contributed by atoms with van der Waals surface area (Å²) in [6.07, 6.45) is -4.55. The van der Waals surface area contributed by atoms with E-state index >= 15 is 0 Å². The summed E-state index contributed by atoms with van der Waals surface area (Å²) < 4.78 is 65.9. The smallest absolute Gasteiger partial charge is 0.207 e. The largest absolute Gasteiger partial charge is 0.416 e. The predicted molar refractivity (Wildman–Crippen MR) is 86.4 cm³/mol. The SMILES string of the molecule is Cc1cc(S(=O)(=O)NCc2ccccc2C(F)(F)F)c(C)cc1Cl. The molecule has 8 heteroatoms. The molecule has 0 amide bonds. The maximum absolute atomic E-state index is 13.0. The van der Waals surface area contributed by atoms with Crippen LogP contribution in [0.15, 0.2) is 41.3 Å². The van der Waals surface area contributed by atoms with Gasteiger partial charge in [0.2, 0.25) is 10.0 Å². The first-order valence-corrected chi connectivity index (χ1v) is 8.80. The lowest BCUT2D eigenvalue weighted by Crippen LogP contribution is -2.25. The summed E-state index contributed by atoms with van der Waals surface area (Å²) in [7, 11) is -3.97. The number of hydrogen-bond acceptors (Lipinski definition) is 2. The van der Waals surface area contributed by atoms with Gasteiger partial charge in [-0.2, -0.15) is 13.2 Å². The van der Waals surface area contributed by atoms with Crippen molar-refractivity contribution in [2.45, 2.75) is 31.5 Å². The first-order chi connectivity index (χ1) is 11.0. The fraction of sp³-hybridized carbons (Fsp3) is 0.250. The van der Waals surface area contributed by atoms with E-state index in [-0.39, 0.29) is 10.5 Å². The molecule has 1 N–H and O–H groups in total. The number of halogens is 4. The lowest BCUT2D eigenvalue weighted by Gasteiger charge is -2.14. The normalized spacial score (nSPS) is 12.4. The molecule has 0 aliphatic heterocycles. The number of aryl methyl sites for hydroxylation is 2. The topological polar surface area (TPSA) is 46.2 Å². The van der Waals surface area contributed by atoms with Crippen molar-refractivity contribution in [2.24, 2.45) is 0 Å². The van der Waals surface area contributed by atoms with Gasteiger partial charge in [0.1, 0.15) is 0 Å². The Morgan fingerprint density at radius 1 is 1.08 bits per heavy atom. The van der Waals surface area contributed by atoms with Crippen LogP contribution in [-0.2, 0) is 22.7 Å². The Balaban J connectivity index is 2.31. The second-order valence-electron chi connectivity index (χ2n) is 5.35. The van der Waals surface area contributed by atoms with Crippen molar-refractivity contribution in [1.29, 1.82) is 0 Å². The van der Waals surface area contributed by atoms with E-state index in [1.54, 1.807) is 13.8 Å². The van der Waals surface area contributed by atoms with Crippen LogP contribution < -0.4 is 4.72 Å². The molecule has 0 aromatic heterocycles. The molecular weight excluding hydrogens is 363 g/mol. The zero-order chi connectivity index (χ0) is 18.1. The van der Waals surface area contributed by atoms with Crippen molar-refractivity contribution >= 4 is 21.6 Å². The Hall–Kier alpha value is -1.57. The third-order valence-corrected chi connectivity index (χ3v) is 5.47. The van der Waals surface area contributed by atoms with E-state index in [1.165, 1.54) is 30.3 Å². The van der Waals surface area contributed by atoms with E-state index in [4.69, 9.17) is 11.6 Å². The fourth-order valence-corrected chi connectivity index (χ4v) is 3.78. The molecule has 0 fully saturated rings. The summed E-state index contributed by atoms with van der Waals surface area (Å²) in [6.45, 7) is 2.77. The summed E-state index contributed by atoms with van der Waals surface area (Å²) >= 11 is 5.94. The second kappa shape index (κ2) is 6.74. The van der Waals surface area contributed by atoms with Gasteiger partial charge in [-0.3, -0.25) is 0 Å². The monoisotopic (exact) mass is 377 g/mol. The first-order valence-electron chi connectivity index (χ1n) is 6.94. The van der Waals surface area contributed by atoms with Gasteiger partial charge in [-0.05, 0) is 48.7 Å². The highest BCUT2D eigenvalue weighted by molar-refractivity contribution is 7.89. The van der Waals surface area contributed by atoms with Crippen LogP contribution in [-0.4, -0.2) is 8.42 Å². The molecule has 2 aromatic carbocycles. The van der Waals surface area contributed by atoms with Crippen LogP contribution >= 0.6 is 11.6 Å². The molecule has 0 saturated heterocycles. The standard InChI is InChI=1S/C16H15ClF3NO2S/c1-10-8-15(11(2)7-14(10)17)24(22,23)21-9-12-5-3-4-6-13(12)16(18,19)20/h3-8,21H,9H2,1-2H3. The van der Waals surface area contributed by atoms with E-state index in [0.717, 1.165) is 6.07 Å². The van der Waals surface area contributed by atoms with Gasteiger partial charge in [0.15, 0.2) is 0 Å². The molecule has 0 spiro atoms. The first kappa shape index (κ1) is 18.8. The van der Waals surface area contributed by atoms with E-state index in [0.29, 0.717) is 16.1 Å². The fourth-order valence-electron chi connectivity index (χ4n) is 2.25. The van der Waals surface area contributed by atoms with Gasteiger partial charge in [0, 0.05) is 11.6 Å². The average molecular weight is 378 g/mol. The van der Waals surface area contributed by atoms with Crippen LogP contribution in [0.2, 0.25) is 5.02 Å². The minimum Gasteiger partial charge on any atom is -0.207 e. The lowest BCUT2D eigenvalue weighted by molar-refractivity contribution is -0.138. The summed E-state index contributed by atoms with van der Waals surface area (Å²) in [4.78, 5) is -0.00566. The maximum atomic E-state index is 13.0. The molecule has 3 nitrogen and oxygen atoms in total. The summed E-state index contributed by atoms with van der Waals surface area (Å²) in [5.41, 5.74) is -0.0193. The van der Waals surface area contributed by atoms with Crippen molar-refractivity contribution in [3.8, 4) is 0 Å². The minimum absolute atomic E-state index is 0.00566. The number of rotatable bonds is 4. The molecule has 0 aliphatic rings. The Morgan fingerprint density at radius 2 is 1.71 bits per heavy atom. The number of benzene rings is 2. The number of sulfonamides is 1. The lowest BCUT2D eigenvalue weighted by atomic mass is 10.1. The quantitative estimate of drug-likeness (QED) is 0.855. The second-order valence-corrected chi connectivity index (χ2v) is 7.49. The van der Waals surface area contributed by atoms with Crippen molar-refractivity contribution in [3.63, 3.8) is 0 Å². The highest BCUT2D eigenvalue weighted by Crippen LogP contribution is 2.32. The van der Waals surface area contributed by atoms with E-state index in [9.17, 15) is 21.6 Å². The van der Waals surface area contributed by atoms with Crippen LogP contribution in [0.5, 0.6) is 0 Å². The highest BCUT2D eigenvalue weighted by atomic mass is 35.5. The van der Waals surface area contributed by atoms with Gasteiger partial charge in [-0.25, -0.2) is 13.1 Å². The van der Waals surface area contributed by atoms with Gasteiger partial charge >= 0.3 is 6.18 Å². The van der Waals surface area contributed by atoms with Gasteiger partial charge in [0.25, 0.3) is 0 Å². The third kappa shape index (κ3) is 4.09. The molecule has 2 rings (SSSR count). The zero-order valence-corrected chi connectivity index (χ0v) is 14.5. The molecule has 0 unspecified atom stereocenters. The van der Waals surface area contributed by atoms with Gasteiger partial charge in [-0.15, -0.1) is 0 Å². The molecule has 2 aromatic rings. The molecule has 0 atom stereocenters. The van der Waals surface area contributed by atoms with Crippen LogP contribution in [0.4, 0.5) is 13.2 Å². The van der Waals surface area contributed by atoms with Crippen LogP contribution in [0.25, 0.3) is 0 Å². The molecule has 0 saturated carbocycles. The summed E-state index contributed by atoms with van der Waals surface area (Å²) in [5.74, 6) is 0. The summed E-state index contributed by atoms with van der Waals surface area (Å²) in [6, 6.07) is 7.75. The van der Waals surface area contributed by atoms with Crippen molar-refractivity contribution in [1.82, 2.24) is 4.72 Å². The number of nitrogens with one attached hydrogen (secondary N) is 1. The third-order valence-electron chi connectivity index (χ3n) is 3.52. The van der Waals surface area contributed by atoms with Gasteiger partial charge in [0.05, 0.1) is 10.5 Å². The average Bonchev–Trinajstić information content (AvgIpc) is 2.48. The Kier molecular flexibility index (Phi) is 5.27. The van der Waals surface area contributed by atoms with Crippen LogP contribution in [0, 0.1) is 13.8 Å².